The number of aromatic carboxylic acids is 1. The number of urea groups is 1. The molecule has 122 valence electrons. The molecule has 1 aliphatic rings. The topological polar surface area (TPSA) is 116 Å². The first-order valence-electron chi connectivity index (χ1n) is 7.14. The van der Waals surface area contributed by atoms with Crippen LogP contribution in [0.15, 0.2) is 24.3 Å². The van der Waals surface area contributed by atoms with E-state index in [1.165, 1.54) is 12.1 Å². The second-order valence-corrected chi connectivity index (χ2v) is 5.09. The lowest BCUT2D eigenvalue weighted by atomic mass is 10.1. The van der Waals surface area contributed by atoms with Crippen molar-refractivity contribution in [3.05, 3.63) is 35.4 Å². The van der Waals surface area contributed by atoms with Crippen molar-refractivity contribution in [3.8, 4) is 0 Å². The van der Waals surface area contributed by atoms with E-state index in [9.17, 15) is 19.2 Å². The molecule has 1 fully saturated rings. The molecule has 0 spiro atoms. The summed E-state index contributed by atoms with van der Waals surface area (Å²) in [6, 6.07) is 5.80. The number of imide groups is 1. The predicted octanol–water partition coefficient (Wildman–Crippen LogP) is 0.333. The molecule has 0 bridgehead atoms. The monoisotopic (exact) mass is 319 g/mol. The summed E-state index contributed by atoms with van der Waals surface area (Å²) in [5, 5.41) is 13.9. The first kappa shape index (κ1) is 16.5. The summed E-state index contributed by atoms with van der Waals surface area (Å²) in [7, 11) is 0. The van der Waals surface area contributed by atoms with Gasteiger partial charge in [-0.05, 0) is 24.1 Å². The molecule has 1 aromatic carbocycles. The Labute approximate surface area is 132 Å². The van der Waals surface area contributed by atoms with Crippen LogP contribution in [0.2, 0.25) is 0 Å². The van der Waals surface area contributed by atoms with Crippen LogP contribution in [0.5, 0.6) is 0 Å². The Bertz CT molecular complexity index is 611. The molecule has 1 saturated heterocycles. The maximum absolute atomic E-state index is 11.7. The van der Waals surface area contributed by atoms with Crippen LogP contribution in [0, 0.1) is 0 Å². The second-order valence-electron chi connectivity index (χ2n) is 5.09. The van der Waals surface area contributed by atoms with Gasteiger partial charge >= 0.3 is 12.0 Å². The maximum Gasteiger partial charge on any atom is 0.335 e. The van der Waals surface area contributed by atoms with Crippen molar-refractivity contribution in [1.82, 2.24) is 15.5 Å². The average Bonchev–Trinajstić information content (AvgIpc) is 2.85. The molecule has 1 heterocycles. The molecule has 0 aliphatic carbocycles. The zero-order chi connectivity index (χ0) is 16.8. The number of nitrogens with one attached hydrogen (secondary N) is 2. The fraction of sp³-hybridized carbons (Fsp3) is 0.333. The minimum atomic E-state index is -0.999. The van der Waals surface area contributed by atoms with Crippen molar-refractivity contribution in [3.63, 3.8) is 0 Å². The normalized spacial score (nSPS) is 13.8. The lowest BCUT2D eigenvalue weighted by Gasteiger charge is -2.11. The number of benzene rings is 1. The Morgan fingerprint density at radius 1 is 1.22 bits per heavy atom. The van der Waals surface area contributed by atoms with Gasteiger partial charge in [0.25, 0.3) is 0 Å². The fourth-order valence-electron chi connectivity index (χ4n) is 2.13. The second kappa shape index (κ2) is 7.39. The first-order chi connectivity index (χ1) is 11.0. The molecular weight excluding hydrogens is 302 g/mol. The molecule has 8 nitrogen and oxygen atoms in total. The molecule has 0 radical (unpaired) electrons. The van der Waals surface area contributed by atoms with Gasteiger partial charge in [0.05, 0.1) is 12.1 Å². The predicted molar refractivity (Wildman–Crippen MR) is 79.6 cm³/mol. The zero-order valence-electron chi connectivity index (χ0n) is 12.4. The number of carboxylic acids is 1. The minimum absolute atomic E-state index is 0.0113. The van der Waals surface area contributed by atoms with E-state index in [1.807, 2.05) is 0 Å². The third-order valence-electron chi connectivity index (χ3n) is 3.41. The Morgan fingerprint density at radius 3 is 2.48 bits per heavy atom. The SMILES string of the molecule is O=C(CCCN1C(=O)CNC1=O)NCc1ccc(C(=O)O)cc1. The van der Waals surface area contributed by atoms with E-state index >= 15 is 0 Å². The van der Waals surface area contributed by atoms with Gasteiger partial charge in [-0.15, -0.1) is 0 Å². The van der Waals surface area contributed by atoms with Gasteiger partial charge < -0.3 is 15.7 Å². The standard InChI is InChI=1S/C15H17N3O5/c19-12(2-1-7-18-13(20)9-17-15(18)23)16-8-10-3-5-11(6-4-10)14(21)22/h3-6H,1-2,7-9H2,(H,16,19)(H,17,23)(H,21,22). The van der Waals surface area contributed by atoms with E-state index < -0.39 is 12.0 Å². The number of hydrogen-bond acceptors (Lipinski definition) is 4. The van der Waals surface area contributed by atoms with E-state index in [0.717, 1.165) is 10.5 Å². The Hall–Kier alpha value is -2.90. The van der Waals surface area contributed by atoms with Crippen molar-refractivity contribution in [2.45, 2.75) is 19.4 Å². The fourth-order valence-corrected chi connectivity index (χ4v) is 2.13. The van der Waals surface area contributed by atoms with Crippen molar-refractivity contribution in [2.24, 2.45) is 0 Å². The molecule has 2 rings (SSSR count). The highest BCUT2D eigenvalue weighted by molar-refractivity contribution is 6.01. The molecule has 0 unspecified atom stereocenters. The van der Waals surface area contributed by atoms with Gasteiger partial charge in [0.2, 0.25) is 11.8 Å². The Kier molecular flexibility index (Phi) is 5.29. The molecule has 8 heteroatoms. The number of rotatable bonds is 7. The summed E-state index contributed by atoms with van der Waals surface area (Å²) in [6.45, 7) is 0.518. The van der Waals surface area contributed by atoms with Crippen molar-refractivity contribution >= 4 is 23.8 Å². The first-order valence-corrected chi connectivity index (χ1v) is 7.14. The van der Waals surface area contributed by atoms with Gasteiger partial charge in [-0.25, -0.2) is 9.59 Å². The summed E-state index contributed by atoms with van der Waals surface area (Å²) in [5.41, 5.74) is 0.978. The lowest BCUT2D eigenvalue weighted by Crippen LogP contribution is -2.32. The molecular formula is C15H17N3O5. The van der Waals surface area contributed by atoms with Gasteiger partial charge in [-0.3, -0.25) is 14.5 Å². The highest BCUT2D eigenvalue weighted by atomic mass is 16.4. The highest BCUT2D eigenvalue weighted by Crippen LogP contribution is 2.05. The summed E-state index contributed by atoms with van der Waals surface area (Å²) in [5.74, 6) is -1.48. The molecule has 0 atom stereocenters. The molecule has 1 aliphatic heterocycles. The van der Waals surface area contributed by atoms with Gasteiger partial charge in [0, 0.05) is 19.5 Å². The van der Waals surface area contributed by atoms with E-state index in [2.05, 4.69) is 10.6 Å². The number of carbonyl (C=O) groups is 4. The number of nitrogens with zero attached hydrogens (tertiary/aromatic N) is 1. The number of carbonyl (C=O) groups excluding carboxylic acids is 3. The van der Waals surface area contributed by atoms with E-state index in [0.29, 0.717) is 13.0 Å². The van der Waals surface area contributed by atoms with Gasteiger partial charge in [-0.2, -0.15) is 0 Å². The third kappa shape index (κ3) is 4.53. The lowest BCUT2D eigenvalue weighted by molar-refractivity contribution is -0.126. The quantitative estimate of drug-likeness (QED) is 0.626. The molecule has 3 N–H and O–H groups in total. The van der Waals surface area contributed by atoms with Crippen molar-refractivity contribution in [1.29, 1.82) is 0 Å². The highest BCUT2D eigenvalue weighted by Gasteiger charge is 2.27. The van der Waals surface area contributed by atoms with E-state index in [-0.39, 0.29) is 36.9 Å². The molecule has 23 heavy (non-hydrogen) atoms. The van der Waals surface area contributed by atoms with Crippen LogP contribution in [0.4, 0.5) is 4.79 Å². The molecule has 0 saturated carbocycles. The zero-order valence-corrected chi connectivity index (χ0v) is 12.4. The minimum Gasteiger partial charge on any atom is -0.478 e. The third-order valence-corrected chi connectivity index (χ3v) is 3.41. The molecule has 0 aromatic heterocycles. The van der Waals surface area contributed by atoms with Crippen LogP contribution >= 0.6 is 0 Å². The van der Waals surface area contributed by atoms with E-state index in [1.54, 1.807) is 12.1 Å². The van der Waals surface area contributed by atoms with Crippen LogP contribution in [0.25, 0.3) is 0 Å². The van der Waals surface area contributed by atoms with Crippen LogP contribution in [-0.2, 0) is 16.1 Å². The van der Waals surface area contributed by atoms with Crippen molar-refractivity contribution in [2.75, 3.05) is 13.1 Å². The van der Waals surface area contributed by atoms with Gasteiger partial charge in [-0.1, -0.05) is 12.1 Å². The number of amides is 4. The maximum atomic E-state index is 11.7. The summed E-state index contributed by atoms with van der Waals surface area (Å²) in [4.78, 5) is 46.2. The summed E-state index contributed by atoms with van der Waals surface area (Å²) in [6.07, 6.45) is 0.590. The Balaban J connectivity index is 1.69. The number of carboxylic acid groups (broad SMARTS) is 1. The van der Waals surface area contributed by atoms with E-state index in [4.69, 9.17) is 5.11 Å². The van der Waals surface area contributed by atoms with Crippen LogP contribution in [0.1, 0.15) is 28.8 Å². The van der Waals surface area contributed by atoms with Crippen molar-refractivity contribution < 1.29 is 24.3 Å². The van der Waals surface area contributed by atoms with Gasteiger partial charge in [0.1, 0.15) is 0 Å². The smallest absolute Gasteiger partial charge is 0.335 e. The largest absolute Gasteiger partial charge is 0.478 e. The van der Waals surface area contributed by atoms with Crippen LogP contribution in [-0.4, -0.2) is 46.9 Å². The Morgan fingerprint density at radius 2 is 1.91 bits per heavy atom. The average molecular weight is 319 g/mol. The van der Waals surface area contributed by atoms with Crippen LogP contribution < -0.4 is 10.6 Å². The summed E-state index contributed by atoms with van der Waals surface area (Å²) >= 11 is 0. The van der Waals surface area contributed by atoms with Gasteiger partial charge in [0.15, 0.2) is 0 Å². The molecule has 4 amide bonds. The van der Waals surface area contributed by atoms with Crippen LogP contribution in [0.3, 0.4) is 0 Å². The molecule has 1 aromatic rings. The summed E-state index contributed by atoms with van der Waals surface area (Å²) < 4.78 is 0. The number of hydrogen-bond donors (Lipinski definition) is 3.